The van der Waals surface area contributed by atoms with Crippen molar-refractivity contribution in [1.82, 2.24) is 4.57 Å². The number of hydrogen-bond donors (Lipinski definition) is 1. The summed E-state index contributed by atoms with van der Waals surface area (Å²) < 4.78 is 15.0. The standard InChI is InChI=1S/C14H14FNO2/c1-9-6-13(14(18)8-17)10(2)16(9)12-5-3-4-11(15)7-12/h3-7,17H,8H2,1-2H3. The summed E-state index contributed by atoms with van der Waals surface area (Å²) in [5.74, 6) is -0.652. The maximum atomic E-state index is 13.2. The van der Waals surface area contributed by atoms with Crippen LogP contribution in [0.3, 0.4) is 0 Å². The van der Waals surface area contributed by atoms with E-state index in [1.165, 1.54) is 12.1 Å². The molecule has 0 aliphatic carbocycles. The van der Waals surface area contributed by atoms with E-state index in [4.69, 9.17) is 5.11 Å². The highest BCUT2D eigenvalue weighted by atomic mass is 19.1. The van der Waals surface area contributed by atoms with Crippen molar-refractivity contribution in [3.63, 3.8) is 0 Å². The second kappa shape index (κ2) is 4.74. The molecule has 1 heterocycles. The van der Waals surface area contributed by atoms with Crippen LogP contribution in [0.15, 0.2) is 30.3 Å². The van der Waals surface area contributed by atoms with E-state index in [0.29, 0.717) is 16.9 Å². The number of hydrogen-bond acceptors (Lipinski definition) is 2. The Balaban J connectivity index is 2.59. The van der Waals surface area contributed by atoms with Gasteiger partial charge in [-0.3, -0.25) is 4.79 Å². The molecule has 1 aromatic carbocycles. The number of aliphatic hydroxyl groups is 1. The third-order valence-electron chi connectivity index (χ3n) is 2.94. The monoisotopic (exact) mass is 247 g/mol. The molecule has 0 amide bonds. The molecule has 1 N–H and O–H groups in total. The minimum Gasteiger partial charge on any atom is -0.388 e. The zero-order valence-electron chi connectivity index (χ0n) is 10.3. The summed E-state index contributed by atoms with van der Waals surface area (Å²) in [4.78, 5) is 11.6. The zero-order chi connectivity index (χ0) is 13.3. The lowest BCUT2D eigenvalue weighted by atomic mass is 10.1. The number of aromatic nitrogens is 1. The Bertz CT molecular complexity index is 602. The molecule has 0 fully saturated rings. The van der Waals surface area contributed by atoms with Crippen LogP contribution < -0.4 is 0 Å². The zero-order valence-corrected chi connectivity index (χ0v) is 10.3. The Morgan fingerprint density at radius 2 is 2.06 bits per heavy atom. The summed E-state index contributed by atoms with van der Waals surface area (Å²) >= 11 is 0. The molecule has 0 bridgehead atoms. The number of ketones is 1. The molecule has 0 unspecified atom stereocenters. The Morgan fingerprint density at radius 1 is 1.33 bits per heavy atom. The molecule has 4 heteroatoms. The average Bonchev–Trinajstić information content (AvgIpc) is 2.64. The molecule has 0 spiro atoms. The number of benzene rings is 1. The first-order valence-electron chi connectivity index (χ1n) is 5.63. The van der Waals surface area contributed by atoms with Gasteiger partial charge in [-0.15, -0.1) is 0 Å². The van der Waals surface area contributed by atoms with E-state index in [9.17, 15) is 9.18 Å². The highest BCUT2D eigenvalue weighted by Crippen LogP contribution is 2.21. The summed E-state index contributed by atoms with van der Waals surface area (Å²) in [6.07, 6.45) is 0. The predicted octanol–water partition coefficient (Wildman–Crippen LogP) is 2.41. The lowest BCUT2D eigenvalue weighted by molar-refractivity contribution is 0.0903. The molecule has 2 rings (SSSR count). The van der Waals surface area contributed by atoms with Crippen molar-refractivity contribution in [2.75, 3.05) is 6.61 Å². The van der Waals surface area contributed by atoms with Crippen molar-refractivity contribution in [2.45, 2.75) is 13.8 Å². The topological polar surface area (TPSA) is 42.2 Å². The largest absolute Gasteiger partial charge is 0.388 e. The van der Waals surface area contributed by atoms with Crippen molar-refractivity contribution in [2.24, 2.45) is 0 Å². The van der Waals surface area contributed by atoms with Crippen molar-refractivity contribution in [3.8, 4) is 5.69 Å². The van der Waals surface area contributed by atoms with Gasteiger partial charge in [-0.25, -0.2) is 4.39 Å². The van der Waals surface area contributed by atoms with E-state index in [0.717, 1.165) is 5.69 Å². The second-order valence-corrected chi connectivity index (χ2v) is 4.18. The summed E-state index contributed by atoms with van der Waals surface area (Å²) in [6.45, 7) is 3.10. The molecule has 1 aromatic heterocycles. The molecule has 0 radical (unpaired) electrons. The van der Waals surface area contributed by atoms with Crippen LogP contribution in [-0.4, -0.2) is 22.1 Å². The van der Waals surface area contributed by atoms with Crippen molar-refractivity contribution in [1.29, 1.82) is 0 Å². The molecule has 2 aromatic rings. The highest BCUT2D eigenvalue weighted by molar-refractivity contribution is 5.98. The number of carbonyl (C=O) groups excluding carboxylic acids is 1. The normalized spacial score (nSPS) is 10.7. The Morgan fingerprint density at radius 3 is 2.67 bits per heavy atom. The molecule has 3 nitrogen and oxygen atoms in total. The number of carbonyl (C=O) groups is 1. The van der Waals surface area contributed by atoms with Crippen LogP contribution in [-0.2, 0) is 0 Å². The van der Waals surface area contributed by atoms with Gasteiger partial charge in [0.25, 0.3) is 0 Å². The summed E-state index contributed by atoms with van der Waals surface area (Å²) in [7, 11) is 0. The smallest absolute Gasteiger partial charge is 0.189 e. The van der Waals surface area contributed by atoms with Gasteiger partial charge in [0.2, 0.25) is 0 Å². The van der Waals surface area contributed by atoms with Gasteiger partial charge in [-0.1, -0.05) is 6.07 Å². The Kier molecular flexibility index (Phi) is 3.30. The van der Waals surface area contributed by atoms with E-state index in [1.807, 2.05) is 6.92 Å². The summed E-state index contributed by atoms with van der Waals surface area (Å²) in [6, 6.07) is 7.89. The number of halogens is 1. The van der Waals surface area contributed by atoms with Gasteiger partial charge >= 0.3 is 0 Å². The molecule has 0 aliphatic rings. The van der Waals surface area contributed by atoms with Crippen molar-refractivity contribution < 1.29 is 14.3 Å². The lowest BCUT2D eigenvalue weighted by Gasteiger charge is -2.09. The van der Waals surface area contributed by atoms with Crippen molar-refractivity contribution >= 4 is 5.78 Å². The van der Waals surface area contributed by atoms with E-state index >= 15 is 0 Å². The number of rotatable bonds is 3. The van der Waals surface area contributed by atoms with Crippen LogP contribution in [0.4, 0.5) is 4.39 Å². The van der Waals surface area contributed by atoms with E-state index in [-0.39, 0.29) is 11.6 Å². The van der Waals surface area contributed by atoms with Gasteiger partial charge in [-0.05, 0) is 38.1 Å². The molecular formula is C14H14FNO2. The van der Waals surface area contributed by atoms with Crippen LogP contribution in [0.5, 0.6) is 0 Å². The van der Waals surface area contributed by atoms with Crippen LogP contribution in [0.25, 0.3) is 5.69 Å². The van der Waals surface area contributed by atoms with Crippen LogP contribution in [0.2, 0.25) is 0 Å². The minimum atomic E-state index is -0.520. The van der Waals surface area contributed by atoms with Crippen molar-refractivity contribution in [3.05, 3.63) is 53.1 Å². The second-order valence-electron chi connectivity index (χ2n) is 4.18. The fraction of sp³-hybridized carbons (Fsp3) is 0.214. The van der Waals surface area contributed by atoms with Gasteiger partial charge < -0.3 is 9.67 Å². The average molecular weight is 247 g/mol. The van der Waals surface area contributed by atoms with Gasteiger partial charge in [-0.2, -0.15) is 0 Å². The first-order chi connectivity index (χ1) is 8.54. The quantitative estimate of drug-likeness (QED) is 0.846. The number of nitrogens with zero attached hydrogens (tertiary/aromatic N) is 1. The van der Waals surface area contributed by atoms with Gasteiger partial charge in [0.1, 0.15) is 12.4 Å². The SMILES string of the molecule is Cc1cc(C(=O)CO)c(C)n1-c1cccc(F)c1. The van der Waals surface area contributed by atoms with Gasteiger partial charge in [0.05, 0.1) is 0 Å². The van der Waals surface area contributed by atoms with Gasteiger partial charge in [0.15, 0.2) is 5.78 Å². The first kappa shape index (κ1) is 12.5. The maximum Gasteiger partial charge on any atom is 0.189 e. The molecule has 0 saturated carbocycles. The van der Waals surface area contributed by atoms with E-state index < -0.39 is 6.61 Å². The third-order valence-corrected chi connectivity index (χ3v) is 2.94. The molecule has 94 valence electrons. The third kappa shape index (κ3) is 2.07. The predicted molar refractivity (Wildman–Crippen MR) is 66.6 cm³/mol. The van der Waals surface area contributed by atoms with Crippen LogP contribution >= 0.6 is 0 Å². The van der Waals surface area contributed by atoms with Crippen LogP contribution in [0.1, 0.15) is 21.7 Å². The Labute approximate surface area is 104 Å². The Hall–Kier alpha value is -1.94. The molecule has 0 atom stereocenters. The number of aliphatic hydroxyl groups excluding tert-OH is 1. The number of aryl methyl sites for hydroxylation is 1. The minimum absolute atomic E-state index is 0.324. The summed E-state index contributed by atoms with van der Waals surface area (Å²) in [5.41, 5.74) is 2.67. The number of Topliss-reactive ketones (excluding diaryl/α,β-unsaturated/α-hetero) is 1. The summed E-state index contributed by atoms with van der Waals surface area (Å²) in [5, 5.41) is 8.91. The fourth-order valence-electron chi connectivity index (χ4n) is 2.14. The molecule has 0 aliphatic heterocycles. The van der Waals surface area contributed by atoms with Gasteiger partial charge in [0, 0.05) is 22.6 Å². The lowest BCUT2D eigenvalue weighted by Crippen LogP contribution is -2.06. The fourth-order valence-corrected chi connectivity index (χ4v) is 2.14. The first-order valence-corrected chi connectivity index (χ1v) is 5.63. The van der Waals surface area contributed by atoms with E-state index in [1.54, 1.807) is 29.7 Å². The molecule has 18 heavy (non-hydrogen) atoms. The van der Waals surface area contributed by atoms with Crippen LogP contribution in [0, 0.1) is 19.7 Å². The molecular weight excluding hydrogens is 233 g/mol. The molecule has 0 saturated heterocycles. The maximum absolute atomic E-state index is 13.2. The highest BCUT2D eigenvalue weighted by Gasteiger charge is 2.15. The van der Waals surface area contributed by atoms with E-state index in [2.05, 4.69) is 0 Å².